The second-order valence-electron chi connectivity index (χ2n) is 7.13. The SMILES string of the molecule is C=CC[N+](C)(C)CC/C=C1/c2ccccc2Sc2ccc(C)cc21. The molecular weight excluding hydrogens is 310 g/mol. The molecule has 0 aliphatic carbocycles. The summed E-state index contributed by atoms with van der Waals surface area (Å²) in [6.07, 6.45) is 5.51. The maximum atomic E-state index is 3.88. The van der Waals surface area contributed by atoms with Crippen molar-refractivity contribution >= 4 is 17.3 Å². The van der Waals surface area contributed by atoms with Crippen LogP contribution in [0.15, 0.2) is 71.0 Å². The van der Waals surface area contributed by atoms with Crippen molar-refractivity contribution in [1.82, 2.24) is 0 Å². The Morgan fingerprint density at radius 2 is 1.79 bits per heavy atom. The zero-order valence-electron chi connectivity index (χ0n) is 14.9. The largest absolute Gasteiger partial charge is 0.325 e. The Balaban J connectivity index is 1.96. The Morgan fingerprint density at radius 1 is 1.04 bits per heavy atom. The zero-order chi connectivity index (χ0) is 17.2. The average molecular weight is 337 g/mol. The van der Waals surface area contributed by atoms with Crippen LogP contribution < -0.4 is 0 Å². The highest BCUT2D eigenvalue weighted by Gasteiger charge is 2.21. The lowest BCUT2D eigenvalue weighted by Crippen LogP contribution is -2.40. The molecule has 24 heavy (non-hydrogen) atoms. The van der Waals surface area contributed by atoms with E-state index >= 15 is 0 Å². The van der Waals surface area contributed by atoms with Gasteiger partial charge in [0.05, 0.1) is 27.2 Å². The first kappa shape index (κ1) is 17.1. The van der Waals surface area contributed by atoms with Crippen LogP contribution in [0.3, 0.4) is 0 Å². The van der Waals surface area contributed by atoms with E-state index in [1.807, 2.05) is 17.8 Å². The number of fused-ring (bicyclic) bond motifs is 2. The van der Waals surface area contributed by atoms with Gasteiger partial charge in [0.25, 0.3) is 0 Å². The van der Waals surface area contributed by atoms with Gasteiger partial charge >= 0.3 is 0 Å². The quantitative estimate of drug-likeness (QED) is 0.435. The van der Waals surface area contributed by atoms with E-state index in [1.54, 1.807) is 0 Å². The summed E-state index contributed by atoms with van der Waals surface area (Å²) in [5, 5.41) is 0. The highest BCUT2D eigenvalue weighted by atomic mass is 32.2. The van der Waals surface area contributed by atoms with Crippen LogP contribution in [0.4, 0.5) is 0 Å². The molecule has 0 fully saturated rings. The summed E-state index contributed by atoms with van der Waals surface area (Å²) in [6, 6.07) is 15.6. The number of rotatable bonds is 5. The van der Waals surface area contributed by atoms with Crippen LogP contribution in [-0.2, 0) is 0 Å². The van der Waals surface area contributed by atoms with E-state index in [2.05, 4.69) is 76.1 Å². The van der Waals surface area contributed by atoms with Gasteiger partial charge < -0.3 is 4.48 Å². The molecule has 0 radical (unpaired) electrons. The summed E-state index contributed by atoms with van der Waals surface area (Å²) in [7, 11) is 4.53. The molecule has 0 bridgehead atoms. The molecule has 1 heterocycles. The van der Waals surface area contributed by atoms with Gasteiger partial charge in [-0.3, -0.25) is 0 Å². The normalized spacial score (nSPS) is 15.0. The molecule has 0 spiro atoms. The van der Waals surface area contributed by atoms with Gasteiger partial charge in [0.2, 0.25) is 0 Å². The fraction of sp³-hybridized carbons (Fsp3) is 0.273. The van der Waals surface area contributed by atoms with Crippen molar-refractivity contribution in [1.29, 1.82) is 0 Å². The third-order valence-corrected chi connectivity index (χ3v) is 5.68. The lowest BCUT2D eigenvalue weighted by Gasteiger charge is -2.28. The van der Waals surface area contributed by atoms with E-state index in [0.29, 0.717) is 0 Å². The average Bonchev–Trinajstić information content (AvgIpc) is 2.54. The first-order valence-electron chi connectivity index (χ1n) is 8.51. The number of hydrogen-bond donors (Lipinski definition) is 0. The summed E-state index contributed by atoms with van der Waals surface area (Å²) in [6.45, 7) is 8.18. The van der Waals surface area contributed by atoms with Crippen LogP contribution in [0.1, 0.15) is 23.1 Å². The Labute approximate surface area is 150 Å². The highest BCUT2D eigenvalue weighted by Crippen LogP contribution is 2.45. The van der Waals surface area contributed by atoms with Crippen LogP contribution in [0.5, 0.6) is 0 Å². The minimum Gasteiger partial charge on any atom is -0.325 e. The van der Waals surface area contributed by atoms with E-state index in [-0.39, 0.29) is 0 Å². The van der Waals surface area contributed by atoms with Gasteiger partial charge in [0.15, 0.2) is 0 Å². The molecule has 0 saturated heterocycles. The van der Waals surface area contributed by atoms with Crippen molar-refractivity contribution in [3.05, 3.63) is 77.9 Å². The molecule has 1 nitrogen and oxygen atoms in total. The monoisotopic (exact) mass is 336 g/mol. The maximum Gasteiger partial charge on any atom is 0.0967 e. The van der Waals surface area contributed by atoms with Gasteiger partial charge in [-0.2, -0.15) is 0 Å². The van der Waals surface area contributed by atoms with Crippen molar-refractivity contribution in [3.8, 4) is 0 Å². The van der Waals surface area contributed by atoms with Gasteiger partial charge in [-0.1, -0.05) is 60.3 Å². The third-order valence-electron chi connectivity index (χ3n) is 4.53. The standard InChI is InChI=1S/C22H26NS/c1-5-14-23(3,4)15-8-10-18-19-9-6-7-11-21(19)24-22-13-12-17(2)16-20(18)22/h5-7,9-13,16H,1,8,14-15H2,2-4H3/q+1/b18-10-. The second kappa shape index (κ2) is 7.00. The number of quaternary nitrogens is 1. The molecule has 0 N–H and O–H groups in total. The molecular formula is C22H26NS+. The summed E-state index contributed by atoms with van der Waals surface area (Å²) >= 11 is 1.88. The van der Waals surface area contributed by atoms with Gasteiger partial charge in [0, 0.05) is 16.2 Å². The molecule has 0 saturated carbocycles. The van der Waals surface area contributed by atoms with E-state index in [1.165, 1.54) is 32.1 Å². The second-order valence-corrected chi connectivity index (χ2v) is 8.22. The minimum atomic E-state index is 0.977. The van der Waals surface area contributed by atoms with Crippen molar-refractivity contribution in [2.45, 2.75) is 23.1 Å². The predicted octanol–water partition coefficient (Wildman–Crippen LogP) is 5.54. The Kier molecular flexibility index (Phi) is 4.98. The number of hydrogen-bond acceptors (Lipinski definition) is 1. The number of nitrogens with zero attached hydrogens (tertiary/aromatic N) is 1. The Bertz CT molecular complexity index is 786. The summed E-state index contributed by atoms with van der Waals surface area (Å²) in [5.74, 6) is 0. The molecule has 1 aliphatic heterocycles. The molecule has 2 heteroatoms. The van der Waals surface area contributed by atoms with Crippen LogP contribution >= 0.6 is 11.8 Å². The minimum absolute atomic E-state index is 0.977. The molecule has 0 unspecified atom stereocenters. The van der Waals surface area contributed by atoms with Crippen LogP contribution in [-0.4, -0.2) is 31.7 Å². The van der Waals surface area contributed by atoms with Crippen molar-refractivity contribution < 1.29 is 4.48 Å². The molecule has 0 amide bonds. The number of benzene rings is 2. The molecule has 2 aromatic carbocycles. The first-order valence-corrected chi connectivity index (χ1v) is 9.33. The van der Waals surface area contributed by atoms with Gasteiger partial charge in [-0.05, 0) is 41.8 Å². The summed E-state index contributed by atoms with van der Waals surface area (Å²) in [5.41, 5.74) is 5.46. The van der Waals surface area contributed by atoms with Crippen LogP contribution in [0.2, 0.25) is 0 Å². The topological polar surface area (TPSA) is 0 Å². The lowest BCUT2D eigenvalue weighted by molar-refractivity contribution is -0.884. The third kappa shape index (κ3) is 3.66. The maximum absolute atomic E-state index is 3.88. The molecule has 0 atom stereocenters. The van der Waals surface area contributed by atoms with Crippen LogP contribution in [0, 0.1) is 6.92 Å². The molecule has 124 valence electrons. The summed E-state index contributed by atoms with van der Waals surface area (Å²) < 4.78 is 0.977. The smallest absolute Gasteiger partial charge is 0.0967 e. The molecule has 3 rings (SSSR count). The molecule has 0 aromatic heterocycles. The number of aryl methyl sites for hydroxylation is 1. The highest BCUT2D eigenvalue weighted by molar-refractivity contribution is 7.99. The lowest BCUT2D eigenvalue weighted by atomic mass is 9.95. The predicted molar refractivity (Wildman–Crippen MR) is 105 cm³/mol. The number of likely N-dealkylation sites (N-methyl/N-ethyl adjacent to an activating group) is 1. The van der Waals surface area contributed by atoms with Crippen LogP contribution in [0.25, 0.3) is 5.57 Å². The van der Waals surface area contributed by atoms with Gasteiger partial charge in [-0.25, -0.2) is 0 Å². The zero-order valence-corrected chi connectivity index (χ0v) is 15.7. The molecule has 1 aliphatic rings. The Hall–Kier alpha value is -1.77. The first-order chi connectivity index (χ1) is 11.5. The van der Waals surface area contributed by atoms with Crippen molar-refractivity contribution in [2.24, 2.45) is 0 Å². The van der Waals surface area contributed by atoms with E-state index in [4.69, 9.17) is 0 Å². The fourth-order valence-corrected chi connectivity index (χ4v) is 4.29. The van der Waals surface area contributed by atoms with E-state index in [0.717, 1.165) is 24.0 Å². The van der Waals surface area contributed by atoms with Crippen molar-refractivity contribution in [3.63, 3.8) is 0 Å². The van der Waals surface area contributed by atoms with Gasteiger partial charge in [-0.15, -0.1) is 0 Å². The van der Waals surface area contributed by atoms with E-state index in [9.17, 15) is 0 Å². The Morgan fingerprint density at radius 3 is 2.58 bits per heavy atom. The fourth-order valence-electron chi connectivity index (χ4n) is 3.20. The van der Waals surface area contributed by atoms with Gasteiger partial charge in [0.1, 0.15) is 0 Å². The van der Waals surface area contributed by atoms with E-state index < -0.39 is 0 Å². The molecule has 2 aromatic rings. The van der Waals surface area contributed by atoms with Crippen molar-refractivity contribution in [2.75, 3.05) is 27.2 Å². The summed E-state index contributed by atoms with van der Waals surface area (Å²) in [4.78, 5) is 2.73.